The summed E-state index contributed by atoms with van der Waals surface area (Å²) >= 11 is 0. The van der Waals surface area contributed by atoms with E-state index in [0.717, 1.165) is 17.7 Å². The van der Waals surface area contributed by atoms with E-state index in [9.17, 15) is 18.4 Å². The van der Waals surface area contributed by atoms with Crippen molar-refractivity contribution in [2.75, 3.05) is 5.32 Å². The van der Waals surface area contributed by atoms with Crippen molar-refractivity contribution in [3.05, 3.63) is 65.7 Å². The first-order valence-electron chi connectivity index (χ1n) is 7.63. The Morgan fingerprint density at radius 3 is 2.21 bits per heavy atom. The standard InChI is InChI=1S/C18H16F2N2O2/c19-14-7-4-8-15(20)16(14)22-18(24)13-9-12(13)17(23)21-10-11-5-2-1-3-6-11/h1-8,12-13H,9-10H2,(H,21,23)(H,22,24). The zero-order chi connectivity index (χ0) is 17.1. The smallest absolute Gasteiger partial charge is 0.228 e. The van der Waals surface area contributed by atoms with E-state index in [1.54, 1.807) is 0 Å². The fourth-order valence-corrected chi connectivity index (χ4v) is 2.52. The Labute approximate surface area is 137 Å². The number of hydrogen-bond acceptors (Lipinski definition) is 2. The topological polar surface area (TPSA) is 58.2 Å². The van der Waals surface area contributed by atoms with Crippen molar-refractivity contribution in [3.8, 4) is 0 Å². The molecule has 0 aromatic heterocycles. The van der Waals surface area contributed by atoms with Crippen LogP contribution in [-0.4, -0.2) is 11.8 Å². The van der Waals surface area contributed by atoms with Gasteiger partial charge in [-0.3, -0.25) is 9.59 Å². The Bertz CT molecular complexity index is 745. The molecule has 2 N–H and O–H groups in total. The summed E-state index contributed by atoms with van der Waals surface area (Å²) in [6, 6.07) is 12.8. The number of carbonyl (C=O) groups is 2. The van der Waals surface area contributed by atoms with Crippen molar-refractivity contribution >= 4 is 17.5 Å². The van der Waals surface area contributed by atoms with Crippen LogP contribution < -0.4 is 10.6 Å². The van der Waals surface area contributed by atoms with Gasteiger partial charge in [0.15, 0.2) is 0 Å². The van der Waals surface area contributed by atoms with E-state index in [1.165, 1.54) is 6.07 Å². The van der Waals surface area contributed by atoms with Crippen LogP contribution in [0.4, 0.5) is 14.5 Å². The first-order valence-corrected chi connectivity index (χ1v) is 7.63. The molecule has 24 heavy (non-hydrogen) atoms. The molecular weight excluding hydrogens is 314 g/mol. The zero-order valence-corrected chi connectivity index (χ0v) is 12.8. The van der Waals surface area contributed by atoms with Gasteiger partial charge in [0.1, 0.15) is 17.3 Å². The van der Waals surface area contributed by atoms with Crippen LogP contribution in [-0.2, 0) is 16.1 Å². The molecule has 0 saturated heterocycles. The highest BCUT2D eigenvalue weighted by Gasteiger charge is 2.48. The number of carbonyl (C=O) groups excluding carboxylic acids is 2. The molecular formula is C18H16F2N2O2. The van der Waals surface area contributed by atoms with Gasteiger partial charge < -0.3 is 10.6 Å². The van der Waals surface area contributed by atoms with E-state index in [-0.39, 0.29) is 5.91 Å². The van der Waals surface area contributed by atoms with Crippen molar-refractivity contribution in [2.24, 2.45) is 11.8 Å². The average molecular weight is 330 g/mol. The Kier molecular flexibility index (Phi) is 4.55. The van der Waals surface area contributed by atoms with Crippen molar-refractivity contribution in [1.82, 2.24) is 5.32 Å². The van der Waals surface area contributed by atoms with Crippen LogP contribution >= 0.6 is 0 Å². The number of anilines is 1. The Morgan fingerprint density at radius 2 is 1.54 bits per heavy atom. The van der Waals surface area contributed by atoms with Crippen LogP contribution in [0.15, 0.2) is 48.5 Å². The molecule has 2 aromatic rings. The first-order chi connectivity index (χ1) is 11.6. The summed E-state index contributed by atoms with van der Waals surface area (Å²) in [6.45, 7) is 0.381. The fourth-order valence-electron chi connectivity index (χ4n) is 2.52. The molecule has 0 aliphatic heterocycles. The number of hydrogen-bond donors (Lipinski definition) is 2. The maximum absolute atomic E-state index is 13.5. The Hall–Kier alpha value is -2.76. The lowest BCUT2D eigenvalue weighted by molar-refractivity contribution is -0.125. The molecule has 2 amide bonds. The van der Waals surface area contributed by atoms with Gasteiger partial charge in [-0.1, -0.05) is 36.4 Å². The Morgan fingerprint density at radius 1 is 0.917 bits per heavy atom. The largest absolute Gasteiger partial charge is 0.352 e. The highest BCUT2D eigenvalue weighted by atomic mass is 19.1. The molecule has 1 fully saturated rings. The van der Waals surface area contributed by atoms with Gasteiger partial charge in [-0.05, 0) is 24.1 Å². The van der Waals surface area contributed by atoms with E-state index < -0.39 is 35.1 Å². The Balaban J connectivity index is 1.53. The van der Waals surface area contributed by atoms with E-state index in [4.69, 9.17) is 0 Å². The van der Waals surface area contributed by atoms with Crippen molar-refractivity contribution < 1.29 is 18.4 Å². The van der Waals surface area contributed by atoms with Gasteiger partial charge >= 0.3 is 0 Å². The maximum atomic E-state index is 13.5. The number of para-hydroxylation sites is 1. The first kappa shape index (κ1) is 16.1. The molecule has 0 radical (unpaired) electrons. The molecule has 3 rings (SSSR count). The van der Waals surface area contributed by atoms with E-state index in [0.29, 0.717) is 13.0 Å². The maximum Gasteiger partial charge on any atom is 0.228 e. The van der Waals surface area contributed by atoms with Crippen LogP contribution in [0.2, 0.25) is 0 Å². The van der Waals surface area contributed by atoms with Gasteiger partial charge in [0.25, 0.3) is 0 Å². The van der Waals surface area contributed by atoms with Gasteiger partial charge in [-0.15, -0.1) is 0 Å². The summed E-state index contributed by atoms with van der Waals surface area (Å²) in [5, 5.41) is 5.00. The number of nitrogens with one attached hydrogen (secondary N) is 2. The van der Waals surface area contributed by atoms with Crippen LogP contribution in [0.5, 0.6) is 0 Å². The molecule has 6 heteroatoms. The van der Waals surface area contributed by atoms with E-state index >= 15 is 0 Å². The second-order valence-corrected chi connectivity index (χ2v) is 5.74. The van der Waals surface area contributed by atoms with Crippen molar-refractivity contribution in [3.63, 3.8) is 0 Å². The van der Waals surface area contributed by atoms with Crippen LogP contribution in [0.3, 0.4) is 0 Å². The molecule has 0 heterocycles. The average Bonchev–Trinajstić information content (AvgIpc) is 3.38. The summed E-state index contributed by atoms with van der Waals surface area (Å²) in [5.41, 5.74) is 0.485. The summed E-state index contributed by atoms with van der Waals surface area (Å²) in [7, 11) is 0. The lowest BCUT2D eigenvalue weighted by atomic mass is 10.2. The third-order valence-electron chi connectivity index (χ3n) is 3.98. The predicted octanol–water partition coefficient (Wildman–Crippen LogP) is 2.86. The lowest BCUT2D eigenvalue weighted by Gasteiger charge is -2.08. The summed E-state index contributed by atoms with van der Waals surface area (Å²) in [6.07, 6.45) is 0.378. The van der Waals surface area contributed by atoms with Crippen LogP contribution in [0.25, 0.3) is 0 Å². The van der Waals surface area contributed by atoms with E-state index in [1.807, 2.05) is 30.3 Å². The molecule has 124 valence electrons. The second kappa shape index (κ2) is 6.78. The van der Waals surface area contributed by atoms with Gasteiger partial charge in [0.05, 0.1) is 11.8 Å². The van der Waals surface area contributed by atoms with Crippen molar-refractivity contribution in [1.29, 1.82) is 0 Å². The molecule has 2 atom stereocenters. The highest BCUT2D eigenvalue weighted by Crippen LogP contribution is 2.39. The molecule has 0 spiro atoms. The highest BCUT2D eigenvalue weighted by molar-refractivity contribution is 5.99. The van der Waals surface area contributed by atoms with Crippen molar-refractivity contribution in [2.45, 2.75) is 13.0 Å². The SMILES string of the molecule is O=C(NCc1ccccc1)C1CC1C(=O)Nc1c(F)cccc1F. The number of benzene rings is 2. The van der Waals surface area contributed by atoms with Gasteiger partial charge in [0, 0.05) is 6.54 Å². The monoisotopic (exact) mass is 330 g/mol. The quantitative estimate of drug-likeness (QED) is 0.886. The minimum absolute atomic E-state index is 0.229. The number of halogens is 2. The number of rotatable bonds is 5. The third kappa shape index (κ3) is 3.59. The zero-order valence-electron chi connectivity index (χ0n) is 12.8. The second-order valence-electron chi connectivity index (χ2n) is 5.74. The van der Waals surface area contributed by atoms with Gasteiger partial charge in [-0.2, -0.15) is 0 Å². The summed E-state index contributed by atoms with van der Waals surface area (Å²) in [5.74, 6) is -3.46. The molecule has 4 nitrogen and oxygen atoms in total. The molecule has 2 aromatic carbocycles. The third-order valence-corrected chi connectivity index (χ3v) is 3.98. The van der Waals surface area contributed by atoms with E-state index in [2.05, 4.69) is 10.6 Å². The lowest BCUT2D eigenvalue weighted by Crippen LogP contribution is -2.27. The predicted molar refractivity (Wildman–Crippen MR) is 84.9 cm³/mol. The summed E-state index contributed by atoms with van der Waals surface area (Å²) in [4.78, 5) is 24.1. The minimum atomic E-state index is -0.839. The van der Waals surface area contributed by atoms with Crippen LogP contribution in [0.1, 0.15) is 12.0 Å². The fraction of sp³-hybridized carbons (Fsp3) is 0.222. The molecule has 1 aliphatic carbocycles. The van der Waals surface area contributed by atoms with Gasteiger partial charge in [0.2, 0.25) is 11.8 Å². The normalized spacial score (nSPS) is 18.8. The molecule has 2 unspecified atom stereocenters. The molecule has 1 aliphatic rings. The van der Waals surface area contributed by atoms with Gasteiger partial charge in [-0.25, -0.2) is 8.78 Å². The molecule has 0 bridgehead atoms. The minimum Gasteiger partial charge on any atom is -0.352 e. The van der Waals surface area contributed by atoms with Crippen LogP contribution in [0, 0.1) is 23.5 Å². The molecule has 1 saturated carbocycles. The summed E-state index contributed by atoms with van der Waals surface area (Å²) < 4.78 is 27.0. The number of amides is 2.